The van der Waals surface area contributed by atoms with Gasteiger partial charge in [0.05, 0.1) is 12.9 Å². The Balaban J connectivity index is 2.50. The third-order valence-electron chi connectivity index (χ3n) is 2.26. The number of halogens is 1. The number of pyridine rings is 1. The Morgan fingerprint density at radius 2 is 2.31 bits per heavy atom. The van der Waals surface area contributed by atoms with Crippen molar-refractivity contribution in [3.8, 4) is 0 Å². The van der Waals surface area contributed by atoms with E-state index in [1.54, 1.807) is 30.8 Å². The van der Waals surface area contributed by atoms with Gasteiger partial charge in [0.15, 0.2) is 0 Å². The zero-order chi connectivity index (χ0) is 11.4. The van der Waals surface area contributed by atoms with Gasteiger partial charge in [0, 0.05) is 17.8 Å². The van der Waals surface area contributed by atoms with E-state index in [4.69, 9.17) is 4.74 Å². The van der Waals surface area contributed by atoms with Crippen molar-refractivity contribution in [2.45, 2.75) is 6.92 Å². The first-order valence-corrected chi connectivity index (χ1v) is 5.12. The summed E-state index contributed by atoms with van der Waals surface area (Å²) in [5.41, 5.74) is 0.775. The van der Waals surface area contributed by atoms with Gasteiger partial charge >= 0.3 is 0 Å². The number of ether oxygens (including phenoxy) is 1. The van der Waals surface area contributed by atoms with Gasteiger partial charge in [0.25, 0.3) is 0 Å². The van der Waals surface area contributed by atoms with Crippen LogP contribution < -0.4 is 0 Å². The van der Waals surface area contributed by atoms with Crippen LogP contribution in [0.1, 0.15) is 12.5 Å². The Kier molecular flexibility index (Phi) is 3.15. The van der Waals surface area contributed by atoms with E-state index in [0.717, 1.165) is 16.3 Å². The quantitative estimate of drug-likeness (QED) is 0.735. The lowest BCUT2D eigenvalue weighted by Crippen LogP contribution is -1.84. The maximum atomic E-state index is 13.3. The van der Waals surface area contributed by atoms with Gasteiger partial charge in [-0.3, -0.25) is 4.98 Å². The highest BCUT2D eigenvalue weighted by molar-refractivity contribution is 5.89. The first kappa shape index (κ1) is 10.6. The molecular weight excluding hydrogens is 205 g/mol. The molecule has 0 aliphatic rings. The van der Waals surface area contributed by atoms with E-state index in [9.17, 15) is 4.39 Å². The fraction of sp³-hybridized carbons (Fsp3) is 0.154. The molecule has 1 aromatic carbocycles. The van der Waals surface area contributed by atoms with Crippen molar-refractivity contribution in [2.24, 2.45) is 0 Å². The molecule has 0 aliphatic heterocycles. The maximum Gasteiger partial charge on any atom is 0.124 e. The van der Waals surface area contributed by atoms with Crippen molar-refractivity contribution >= 4 is 16.8 Å². The van der Waals surface area contributed by atoms with E-state index in [1.165, 1.54) is 12.1 Å². The summed E-state index contributed by atoms with van der Waals surface area (Å²) in [6.45, 7) is 2.50. The number of hydrogen-bond donors (Lipinski definition) is 0. The third kappa shape index (κ3) is 2.19. The highest BCUT2D eigenvalue weighted by Crippen LogP contribution is 2.20. The minimum atomic E-state index is -0.255. The predicted octanol–water partition coefficient (Wildman–Crippen LogP) is 3.38. The molecule has 0 amide bonds. The van der Waals surface area contributed by atoms with Crippen LogP contribution in [0.4, 0.5) is 4.39 Å². The van der Waals surface area contributed by atoms with Crippen LogP contribution in [0.15, 0.2) is 36.9 Å². The van der Waals surface area contributed by atoms with E-state index in [1.807, 2.05) is 6.92 Å². The molecule has 82 valence electrons. The Bertz CT molecular complexity index is 522. The van der Waals surface area contributed by atoms with Crippen molar-refractivity contribution in [1.82, 2.24) is 4.98 Å². The second-order valence-electron chi connectivity index (χ2n) is 3.35. The normalized spacial score (nSPS) is 11.1. The summed E-state index contributed by atoms with van der Waals surface area (Å²) in [5, 5.41) is 1.76. The molecule has 2 rings (SSSR count). The Morgan fingerprint density at radius 3 is 3.12 bits per heavy atom. The van der Waals surface area contributed by atoms with Crippen molar-refractivity contribution in [2.75, 3.05) is 6.61 Å². The first-order valence-electron chi connectivity index (χ1n) is 5.12. The van der Waals surface area contributed by atoms with Crippen molar-refractivity contribution in [1.29, 1.82) is 0 Å². The lowest BCUT2D eigenvalue weighted by molar-refractivity contribution is 0.272. The topological polar surface area (TPSA) is 22.1 Å². The van der Waals surface area contributed by atoms with Gasteiger partial charge in [0.2, 0.25) is 0 Å². The molecule has 0 N–H and O–H groups in total. The highest BCUT2D eigenvalue weighted by atomic mass is 19.1. The molecule has 0 bridgehead atoms. The summed E-state index contributed by atoms with van der Waals surface area (Å²) in [4.78, 5) is 4.03. The van der Waals surface area contributed by atoms with Gasteiger partial charge in [-0.05, 0) is 42.1 Å². The molecule has 0 fully saturated rings. The number of rotatable bonds is 3. The molecule has 0 saturated carbocycles. The molecule has 1 aromatic heterocycles. The van der Waals surface area contributed by atoms with Crippen LogP contribution in [0.2, 0.25) is 0 Å². The molecule has 0 spiro atoms. The molecular formula is C13H12FNO. The molecule has 0 radical (unpaired) electrons. The van der Waals surface area contributed by atoms with Crippen molar-refractivity contribution in [3.05, 3.63) is 48.2 Å². The molecule has 0 aliphatic carbocycles. The number of nitrogens with zero attached hydrogens (tertiary/aromatic N) is 1. The lowest BCUT2D eigenvalue weighted by Gasteiger charge is -2.02. The van der Waals surface area contributed by atoms with Crippen molar-refractivity contribution < 1.29 is 9.13 Å². The Hall–Kier alpha value is -1.90. The van der Waals surface area contributed by atoms with Gasteiger partial charge in [-0.1, -0.05) is 0 Å². The van der Waals surface area contributed by atoms with Crippen LogP contribution in [-0.2, 0) is 4.74 Å². The van der Waals surface area contributed by atoms with E-state index in [0.29, 0.717) is 6.61 Å². The first-order chi connectivity index (χ1) is 7.81. The van der Waals surface area contributed by atoms with Crippen LogP contribution in [0.25, 0.3) is 16.8 Å². The second-order valence-corrected chi connectivity index (χ2v) is 3.35. The summed E-state index contributed by atoms with van der Waals surface area (Å²) < 4.78 is 18.4. The molecule has 3 heteroatoms. The standard InChI is InChI=1S/C13H12FNO/c1-2-16-6-4-11-8-12(14)7-10-3-5-15-9-13(10)11/h3-9H,2H2,1H3/b6-4+. The van der Waals surface area contributed by atoms with Crippen LogP contribution in [0.3, 0.4) is 0 Å². The number of hydrogen-bond acceptors (Lipinski definition) is 2. The van der Waals surface area contributed by atoms with Crippen molar-refractivity contribution in [3.63, 3.8) is 0 Å². The van der Waals surface area contributed by atoms with E-state index in [2.05, 4.69) is 4.98 Å². The lowest BCUT2D eigenvalue weighted by atomic mass is 10.1. The predicted molar refractivity (Wildman–Crippen MR) is 62.4 cm³/mol. The van der Waals surface area contributed by atoms with Gasteiger partial charge in [-0.15, -0.1) is 0 Å². The second kappa shape index (κ2) is 4.75. The summed E-state index contributed by atoms with van der Waals surface area (Å²) in [6, 6.07) is 4.75. The third-order valence-corrected chi connectivity index (χ3v) is 2.26. The molecule has 0 saturated heterocycles. The van der Waals surface area contributed by atoms with Gasteiger partial charge in [0.1, 0.15) is 5.82 Å². The van der Waals surface area contributed by atoms with Gasteiger partial charge < -0.3 is 4.74 Å². The molecule has 2 aromatic rings. The average molecular weight is 217 g/mol. The highest BCUT2D eigenvalue weighted by Gasteiger charge is 2.01. The largest absolute Gasteiger partial charge is 0.501 e. The van der Waals surface area contributed by atoms with E-state index in [-0.39, 0.29) is 5.82 Å². The fourth-order valence-electron chi connectivity index (χ4n) is 1.54. The van der Waals surface area contributed by atoms with Gasteiger partial charge in [-0.25, -0.2) is 4.39 Å². The molecule has 1 heterocycles. The minimum Gasteiger partial charge on any atom is -0.501 e. The van der Waals surface area contributed by atoms with E-state index < -0.39 is 0 Å². The van der Waals surface area contributed by atoms with Gasteiger partial charge in [-0.2, -0.15) is 0 Å². The van der Waals surface area contributed by atoms with Crippen LogP contribution in [0.5, 0.6) is 0 Å². The van der Waals surface area contributed by atoms with Crippen LogP contribution in [-0.4, -0.2) is 11.6 Å². The summed E-state index contributed by atoms with van der Waals surface area (Å²) in [5.74, 6) is -0.255. The Morgan fingerprint density at radius 1 is 1.44 bits per heavy atom. The summed E-state index contributed by atoms with van der Waals surface area (Å²) >= 11 is 0. The molecule has 16 heavy (non-hydrogen) atoms. The monoisotopic (exact) mass is 217 g/mol. The summed E-state index contributed by atoms with van der Waals surface area (Å²) in [7, 11) is 0. The zero-order valence-electron chi connectivity index (χ0n) is 8.98. The molecule has 2 nitrogen and oxygen atoms in total. The number of benzene rings is 1. The molecule has 0 atom stereocenters. The average Bonchev–Trinajstić information content (AvgIpc) is 2.29. The SMILES string of the molecule is CCO/C=C/c1cc(F)cc2ccncc12. The van der Waals surface area contributed by atoms with Crippen LogP contribution >= 0.6 is 0 Å². The fourth-order valence-corrected chi connectivity index (χ4v) is 1.54. The van der Waals surface area contributed by atoms with Crippen LogP contribution in [0, 0.1) is 5.82 Å². The van der Waals surface area contributed by atoms with E-state index >= 15 is 0 Å². The smallest absolute Gasteiger partial charge is 0.124 e. The zero-order valence-corrected chi connectivity index (χ0v) is 8.98. The minimum absolute atomic E-state index is 0.255. The molecule has 0 unspecified atom stereocenters. The number of aromatic nitrogens is 1. The Labute approximate surface area is 93.4 Å². The number of fused-ring (bicyclic) bond motifs is 1. The summed E-state index contributed by atoms with van der Waals surface area (Å²) in [6.07, 6.45) is 6.69. The maximum absolute atomic E-state index is 13.3.